The van der Waals surface area contributed by atoms with Gasteiger partial charge in [-0.3, -0.25) is 14.3 Å². The molecule has 0 aliphatic rings. The molecule has 5 aromatic rings. The number of aromatic nitrogens is 5. The van der Waals surface area contributed by atoms with Gasteiger partial charge in [-0.1, -0.05) is 18.2 Å². The Bertz CT molecular complexity index is 1580. The van der Waals surface area contributed by atoms with Crippen molar-refractivity contribution in [3.05, 3.63) is 94.2 Å². The van der Waals surface area contributed by atoms with Gasteiger partial charge in [0.1, 0.15) is 5.69 Å². The lowest BCUT2D eigenvalue weighted by Crippen LogP contribution is -2.14. The Morgan fingerprint density at radius 2 is 1.97 bits per heavy atom. The molecule has 0 atom stereocenters. The number of carbonyl (C=O) groups excluding carboxylic acids is 1. The summed E-state index contributed by atoms with van der Waals surface area (Å²) in [5, 5.41) is 17.0. The Balaban J connectivity index is 1.42. The largest absolute Gasteiger partial charge is 0.334 e. The molecule has 1 amide bonds. The van der Waals surface area contributed by atoms with Crippen LogP contribution in [0.5, 0.6) is 0 Å². The van der Waals surface area contributed by atoms with Crippen LogP contribution in [-0.2, 0) is 13.6 Å². The van der Waals surface area contributed by atoms with Gasteiger partial charge in [0, 0.05) is 48.8 Å². The van der Waals surface area contributed by atoms with Gasteiger partial charge < -0.3 is 20.8 Å². The second kappa shape index (κ2) is 8.92. The monoisotopic (exact) mass is 468 g/mol. The molecule has 0 unspecified atom stereocenters. The molecule has 0 radical (unpaired) electrons. The van der Waals surface area contributed by atoms with Crippen LogP contribution in [-0.4, -0.2) is 30.3 Å². The Hall–Kier alpha value is -4.70. The number of nitrogens with one attached hydrogen (secondary N) is 3. The Morgan fingerprint density at radius 3 is 2.74 bits per heavy atom. The molecule has 0 bridgehead atoms. The molecule has 0 saturated heterocycles. The van der Waals surface area contributed by atoms with E-state index in [9.17, 15) is 9.59 Å². The molecule has 0 saturated carbocycles. The molecule has 5 rings (SSSR count). The first-order chi connectivity index (χ1) is 16.9. The summed E-state index contributed by atoms with van der Waals surface area (Å²) < 4.78 is 3.55. The van der Waals surface area contributed by atoms with E-state index in [-0.39, 0.29) is 11.5 Å². The second-order valence-corrected chi connectivity index (χ2v) is 8.22. The van der Waals surface area contributed by atoms with Gasteiger partial charge in [0.05, 0.1) is 17.0 Å². The van der Waals surface area contributed by atoms with Crippen molar-refractivity contribution < 1.29 is 4.79 Å². The van der Waals surface area contributed by atoms with E-state index in [1.165, 1.54) is 0 Å². The van der Waals surface area contributed by atoms with Crippen LogP contribution < -0.4 is 21.9 Å². The standard InChI is InChI=1S/C25H24N8O2/c1-15-6-7-16(10-20(15)28-24(34)17-9-18-5-3-4-8-33(18)14-17)21-12-22(25(35)30-29-21)27-23-11-19(13-26)32(2)31-23/h3-12,14H,13,26H2,1-2H3,(H,28,34)(H,30,35)(H,27,29,31). The first-order valence-corrected chi connectivity index (χ1v) is 11.0. The summed E-state index contributed by atoms with van der Waals surface area (Å²) in [6.07, 6.45) is 3.69. The minimum Gasteiger partial charge on any atom is -0.334 e. The zero-order chi connectivity index (χ0) is 24.5. The maximum Gasteiger partial charge on any atom is 0.287 e. The van der Waals surface area contributed by atoms with Gasteiger partial charge in [-0.15, -0.1) is 0 Å². The van der Waals surface area contributed by atoms with E-state index in [2.05, 4.69) is 25.9 Å². The topological polar surface area (TPSA) is 135 Å². The Kier molecular flexibility index (Phi) is 5.63. The zero-order valence-electron chi connectivity index (χ0n) is 19.2. The summed E-state index contributed by atoms with van der Waals surface area (Å²) in [5.74, 6) is 0.295. The van der Waals surface area contributed by atoms with E-state index < -0.39 is 0 Å². The van der Waals surface area contributed by atoms with E-state index in [1.807, 2.05) is 60.0 Å². The third-order valence-corrected chi connectivity index (χ3v) is 5.80. The number of nitrogens with zero attached hydrogens (tertiary/aromatic N) is 4. The minimum atomic E-state index is -0.380. The summed E-state index contributed by atoms with van der Waals surface area (Å²) in [4.78, 5) is 25.3. The predicted octanol–water partition coefficient (Wildman–Crippen LogP) is 3.19. The van der Waals surface area contributed by atoms with Crippen LogP contribution in [0.25, 0.3) is 16.8 Å². The maximum atomic E-state index is 12.9. The summed E-state index contributed by atoms with van der Waals surface area (Å²) in [7, 11) is 1.79. The third kappa shape index (κ3) is 4.42. The summed E-state index contributed by atoms with van der Waals surface area (Å²) in [6, 6.07) is 16.7. The van der Waals surface area contributed by atoms with Gasteiger partial charge in [0.2, 0.25) is 0 Å². The number of rotatable bonds is 6. The molecule has 35 heavy (non-hydrogen) atoms. The summed E-state index contributed by atoms with van der Waals surface area (Å²) in [5.41, 5.74) is 10.8. The number of H-pyrrole nitrogens is 1. The van der Waals surface area contributed by atoms with E-state index in [0.717, 1.165) is 22.3 Å². The van der Waals surface area contributed by atoms with E-state index in [0.29, 0.717) is 35.0 Å². The van der Waals surface area contributed by atoms with Crippen LogP contribution in [0.2, 0.25) is 0 Å². The zero-order valence-corrected chi connectivity index (χ0v) is 19.2. The van der Waals surface area contributed by atoms with Crippen molar-refractivity contribution in [2.45, 2.75) is 13.5 Å². The van der Waals surface area contributed by atoms with Gasteiger partial charge in [-0.25, -0.2) is 5.10 Å². The second-order valence-electron chi connectivity index (χ2n) is 8.22. The maximum absolute atomic E-state index is 12.9. The smallest absolute Gasteiger partial charge is 0.287 e. The van der Waals surface area contributed by atoms with E-state index in [1.54, 1.807) is 30.1 Å². The van der Waals surface area contributed by atoms with Crippen LogP contribution in [0.3, 0.4) is 0 Å². The number of anilines is 3. The highest BCUT2D eigenvalue weighted by Gasteiger charge is 2.13. The highest BCUT2D eigenvalue weighted by atomic mass is 16.1. The van der Waals surface area contributed by atoms with E-state index >= 15 is 0 Å². The SMILES string of the molecule is Cc1ccc(-c2cc(Nc3cc(CN)n(C)n3)c(=O)[nH]n2)cc1NC(=O)c1cc2ccccn2c1. The molecular weight excluding hydrogens is 444 g/mol. The molecule has 10 nitrogen and oxygen atoms in total. The predicted molar refractivity (Wildman–Crippen MR) is 135 cm³/mol. The van der Waals surface area contributed by atoms with Crippen molar-refractivity contribution in [2.75, 3.05) is 10.6 Å². The number of aromatic amines is 1. The third-order valence-electron chi connectivity index (χ3n) is 5.80. The molecule has 1 aromatic carbocycles. The lowest BCUT2D eigenvalue weighted by molar-refractivity contribution is 0.102. The summed E-state index contributed by atoms with van der Waals surface area (Å²) >= 11 is 0. The van der Waals surface area contributed by atoms with Crippen molar-refractivity contribution in [1.29, 1.82) is 0 Å². The van der Waals surface area contributed by atoms with Gasteiger partial charge in [-0.05, 0) is 42.8 Å². The van der Waals surface area contributed by atoms with Crippen LogP contribution in [0.1, 0.15) is 21.6 Å². The molecule has 10 heteroatoms. The number of aryl methyl sites for hydroxylation is 2. The average Bonchev–Trinajstić information content (AvgIpc) is 3.45. The Labute approximate surface area is 200 Å². The molecule has 0 aliphatic carbocycles. The lowest BCUT2D eigenvalue weighted by Gasteiger charge is -2.11. The first-order valence-electron chi connectivity index (χ1n) is 11.0. The van der Waals surface area contributed by atoms with Crippen LogP contribution in [0.4, 0.5) is 17.2 Å². The van der Waals surface area contributed by atoms with Crippen LogP contribution in [0, 0.1) is 6.92 Å². The molecule has 0 spiro atoms. The van der Waals surface area contributed by atoms with Crippen LogP contribution in [0.15, 0.2) is 71.8 Å². The van der Waals surface area contributed by atoms with Crippen LogP contribution >= 0.6 is 0 Å². The fraction of sp³-hybridized carbons (Fsp3) is 0.120. The molecule has 5 N–H and O–H groups in total. The first kappa shape index (κ1) is 22.1. The highest BCUT2D eigenvalue weighted by molar-refractivity contribution is 6.05. The summed E-state index contributed by atoms with van der Waals surface area (Å²) in [6.45, 7) is 2.25. The molecule has 176 valence electrons. The number of fused-ring (bicyclic) bond motifs is 1. The van der Waals surface area contributed by atoms with Crippen molar-refractivity contribution >= 4 is 28.6 Å². The average molecular weight is 469 g/mol. The van der Waals surface area contributed by atoms with Crippen molar-refractivity contribution in [3.8, 4) is 11.3 Å². The number of amides is 1. The molecule has 0 fully saturated rings. The molecule has 4 aromatic heterocycles. The van der Waals surface area contributed by atoms with Gasteiger partial charge in [-0.2, -0.15) is 10.2 Å². The molecule has 0 aliphatic heterocycles. The number of carbonyl (C=O) groups is 1. The van der Waals surface area contributed by atoms with E-state index in [4.69, 9.17) is 5.73 Å². The Morgan fingerprint density at radius 1 is 1.11 bits per heavy atom. The lowest BCUT2D eigenvalue weighted by atomic mass is 10.1. The van der Waals surface area contributed by atoms with Crippen molar-refractivity contribution in [2.24, 2.45) is 12.8 Å². The van der Waals surface area contributed by atoms with Gasteiger partial charge in [0.25, 0.3) is 11.5 Å². The van der Waals surface area contributed by atoms with Gasteiger partial charge >= 0.3 is 0 Å². The fourth-order valence-electron chi connectivity index (χ4n) is 3.83. The quantitative estimate of drug-likeness (QED) is 0.302. The fourth-order valence-corrected chi connectivity index (χ4v) is 3.83. The number of hydrogen-bond donors (Lipinski definition) is 4. The number of nitrogens with two attached hydrogens (primary N) is 1. The van der Waals surface area contributed by atoms with Crippen molar-refractivity contribution in [3.63, 3.8) is 0 Å². The number of pyridine rings is 1. The minimum absolute atomic E-state index is 0.211. The molecule has 4 heterocycles. The molecular formula is C25H24N8O2. The van der Waals surface area contributed by atoms with Crippen molar-refractivity contribution in [1.82, 2.24) is 24.4 Å². The number of hydrogen-bond acceptors (Lipinski definition) is 6. The van der Waals surface area contributed by atoms with Gasteiger partial charge in [0.15, 0.2) is 5.82 Å². The normalized spacial score (nSPS) is 11.1. The number of benzene rings is 1. The highest BCUT2D eigenvalue weighted by Crippen LogP contribution is 2.26.